The number of nitrogens with one attached hydrogen (secondary N) is 2. The lowest BCUT2D eigenvalue weighted by atomic mass is 10.1. The number of sulfonamides is 1. The summed E-state index contributed by atoms with van der Waals surface area (Å²) in [5.41, 5.74) is 0. The van der Waals surface area contributed by atoms with Crippen molar-refractivity contribution in [1.82, 2.24) is 14.9 Å². The number of hydrogen-bond acceptors (Lipinski definition) is 5. The van der Waals surface area contributed by atoms with E-state index in [1.807, 2.05) is 0 Å². The van der Waals surface area contributed by atoms with E-state index in [-0.39, 0.29) is 15.6 Å². The molecule has 1 aromatic rings. The van der Waals surface area contributed by atoms with Crippen LogP contribution in [0.1, 0.15) is 25.5 Å². The number of rotatable bonds is 6. The molecule has 21 heavy (non-hydrogen) atoms. The van der Waals surface area contributed by atoms with Crippen molar-refractivity contribution in [3.63, 3.8) is 0 Å². The van der Waals surface area contributed by atoms with Crippen molar-refractivity contribution in [3.8, 4) is 0 Å². The highest BCUT2D eigenvalue weighted by molar-refractivity contribution is 9.10. The molecule has 1 saturated heterocycles. The van der Waals surface area contributed by atoms with Crippen molar-refractivity contribution in [2.45, 2.75) is 37.2 Å². The Bertz CT molecular complexity index is 573. The lowest BCUT2D eigenvalue weighted by Gasteiger charge is -2.31. The van der Waals surface area contributed by atoms with Crippen LogP contribution < -0.4 is 10.0 Å². The van der Waals surface area contributed by atoms with E-state index >= 15 is 0 Å². The van der Waals surface area contributed by atoms with Crippen LogP contribution >= 0.6 is 15.9 Å². The number of likely N-dealkylation sites (tertiary alicyclic amines) is 1. The summed E-state index contributed by atoms with van der Waals surface area (Å²) in [7, 11) is -1.78. The van der Waals surface area contributed by atoms with Crippen molar-refractivity contribution in [2.24, 2.45) is 0 Å². The van der Waals surface area contributed by atoms with Crippen LogP contribution in [0.4, 0.5) is 0 Å². The zero-order chi connectivity index (χ0) is 15.5. The monoisotopic (exact) mass is 379 g/mol. The highest BCUT2D eigenvalue weighted by atomic mass is 79.9. The van der Waals surface area contributed by atoms with Gasteiger partial charge in [-0.25, -0.2) is 13.1 Å². The first kappa shape index (κ1) is 17.0. The Morgan fingerprint density at radius 2 is 2.29 bits per heavy atom. The number of nitrogens with zero attached hydrogens (tertiary/aromatic N) is 1. The van der Waals surface area contributed by atoms with Gasteiger partial charge in [0, 0.05) is 18.7 Å². The van der Waals surface area contributed by atoms with Crippen LogP contribution in [0.25, 0.3) is 0 Å². The van der Waals surface area contributed by atoms with Gasteiger partial charge in [0.05, 0.1) is 6.54 Å². The van der Waals surface area contributed by atoms with Crippen LogP contribution in [-0.4, -0.2) is 46.0 Å². The average Bonchev–Trinajstić information content (AvgIpc) is 2.81. The predicted molar refractivity (Wildman–Crippen MR) is 84.6 cm³/mol. The fourth-order valence-corrected chi connectivity index (χ4v) is 4.82. The van der Waals surface area contributed by atoms with Gasteiger partial charge in [0.15, 0.2) is 4.67 Å². The predicted octanol–water partition coefficient (Wildman–Crippen LogP) is 1.52. The Kier molecular flexibility index (Phi) is 5.84. The number of furan rings is 1. The molecule has 1 aliphatic heterocycles. The molecule has 0 aliphatic carbocycles. The van der Waals surface area contributed by atoms with E-state index in [0.717, 1.165) is 32.5 Å². The molecule has 0 bridgehead atoms. The highest BCUT2D eigenvalue weighted by Gasteiger charge is 2.28. The standard InChI is InChI=1S/C13H22BrN3O3S/c1-3-17-6-4-5-10(9-17)16-21(18,19)12-7-11(8-15-2)20-13(12)14/h7,10,15-16H,3-6,8-9H2,1-2H3. The van der Waals surface area contributed by atoms with Crippen molar-refractivity contribution in [1.29, 1.82) is 0 Å². The second-order valence-electron chi connectivity index (χ2n) is 5.23. The molecule has 2 heterocycles. The molecule has 2 N–H and O–H groups in total. The van der Waals surface area contributed by atoms with Crippen LogP contribution in [0.5, 0.6) is 0 Å². The fourth-order valence-electron chi connectivity index (χ4n) is 2.56. The molecule has 0 spiro atoms. The van der Waals surface area contributed by atoms with E-state index in [4.69, 9.17) is 4.42 Å². The van der Waals surface area contributed by atoms with E-state index in [1.54, 1.807) is 13.1 Å². The zero-order valence-electron chi connectivity index (χ0n) is 12.4. The van der Waals surface area contributed by atoms with E-state index in [1.165, 1.54) is 0 Å². The first-order valence-electron chi connectivity index (χ1n) is 7.13. The maximum absolute atomic E-state index is 12.5. The second kappa shape index (κ2) is 7.23. The summed E-state index contributed by atoms with van der Waals surface area (Å²) < 4.78 is 33.4. The smallest absolute Gasteiger partial charge is 0.245 e. The topological polar surface area (TPSA) is 74.6 Å². The van der Waals surface area contributed by atoms with Crippen molar-refractivity contribution < 1.29 is 12.8 Å². The molecule has 0 radical (unpaired) electrons. The third-order valence-corrected chi connectivity index (χ3v) is 6.00. The third kappa shape index (κ3) is 4.29. The van der Waals surface area contributed by atoms with Crippen LogP contribution in [0.15, 0.2) is 20.0 Å². The highest BCUT2D eigenvalue weighted by Crippen LogP contribution is 2.26. The molecule has 0 aromatic carbocycles. The minimum absolute atomic E-state index is 0.0433. The van der Waals surface area contributed by atoms with Gasteiger partial charge < -0.3 is 14.6 Å². The minimum Gasteiger partial charge on any atom is -0.452 e. The molecule has 1 fully saturated rings. The summed E-state index contributed by atoms with van der Waals surface area (Å²) in [4.78, 5) is 2.43. The Morgan fingerprint density at radius 1 is 1.52 bits per heavy atom. The summed E-state index contributed by atoms with van der Waals surface area (Å²) in [5, 5.41) is 2.93. The SMILES string of the molecule is CCN1CCCC(NS(=O)(=O)c2cc(CNC)oc2Br)C1. The van der Waals surface area contributed by atoms with Gasteiger partial charge in [0.1, 0.15) is 10.7 Å². The van der Waals surface area contributed by atoms with Crippen LogP contribution in [-0.2, 0) is 16.6 Å². The van der Waals surface area contributed by atoms with Crippen molar-refractivity contribution >= 4 is 26.0 Å². The summed E-state index contributed by atoms with van der Waals surface area (Å²) in [6.45, 7) is 5.32. The number of piperidine rings is 1. The Morgan fingerprint density at radius 3 is 2.95 bits per heavy atom. The van der Waals surface area contributed by atoms with Crippen molar-refractivity contribution in [2.75, 3.05) is 26.7 Å². The number of hydrogen-bond donors (Lipinski definition) is 2. The molecule has 1 aliphatic rings. The van der Waals surface area contributed by atoms with E-state index in [9.17, 15) is 8.42 Å². The summed E-state index contributed by atoms with van der Waals surface area (Å²) in [5.74, 6) is 0.587. The first-order chi connectivity index (χ1) is 9.96. The normalized spacial score (nSPS) is 20.8. The Labute approximate surface area is 134 Å². The lowest BCUT2D eigenvalue weighted by Crippen LogP contribution is -2.47. The molecule has 8 heteroatoms. The van der Waals surface area contributed by atoms with E-state index in [0.29, 0.717) is 12.3 Å². The molecule has 1 unspecified atom stereocenters. The maximum Gasteiger partial charge on any atom is 0.245 e. The molecule has 1 aromatic heterocycles. The van der Waals surface area contributed by atoms with E-state index < -0.39 is 10.0 Å². The van der Waals surface area contributed by atoms with Gasteiger partial charge in [-0.3, -0.25) is 0 Å². The molecule has 0 amide bonds. The third-order valence-electron chi connectivity index (χ3n) is 3.62. The maximum atomic E-state index is 12.5. The largest absolute Gasteiger partial charge is 0.452 e. The van der Waals surface area contributed by atoms with Crippen LogP contribution in [0.3, 0.4) is 0 Å². The molecular weight excluding hydrogens is 358 g/mol. The fraction of sp³-hybridized carbons (Fsp3) is 0.692. The number of halogens is 1. The van der Waals surface area contributed by atoms with Gasteiger partial charge >= 0.3 is 0 Å². The van der Waals surface area contributed by atoms with Gasteiger partial charge in [-0.05, 0) is 48.9 Å². The van der Waals surface area contributed by atoms with Gasteiger partial charge in [-0.1, -0.05) is 6.92 Å². The number of likely N-dealkylation sites (N-methyl/N-ethyl adjacent to an activating group) is 1. The molecular formula is C13H22BrN3O3S. The summed E-state index contributed by atoms with van der Waals surface area (Å²) in [6, 6.07) is 1.52. The quantitative estimate of drug-likeness (QED) is 0.783. The first-order valence-corrected chi connectivity index (χ1v) is 9.41. The molecule has 2 rings (SSSR count). The minimum atomic E-state index is -3.56. The van der Waals surface area contributed by atoms with Crippen LogP contribution in [0.2, 0.25) is 0 Å². The van der Waals surface area contributed by atoms with Gasteiger partial charge in [-0.2, -0.15) is 0 Å². The average molecular weight is 380 g/mol. The van der Waals surface area contributed by atoms with Gasteiger partial charge in [0.25, 0.3) is 0 Å². The summed E-state index contributed by atoms with van der Waals surface area (Å²) >= 11 is 3.19. The molecule has 6 nitrogen and oxygen atoms in total. The van der Waals surface area contributed by atoms with Gasteiger partial charge in [0.2, 0.25) is 10.0 Å². The lowest BCUT2D eigenvalue weighted by molar-refractivity contribution is 0.211. The zero-order valence-corrected chi connectivity index (χ0v) is 14.8. The summed E-state index contributed by atoms with van der Waals surface area (Å²) in [6.07, 6.45) is 1.88. The molecule has 0 saturated carbocycles. The Hall–Kier alpha value is -0.410. The van der Waals surface area contributed by atoms with Crippen molar-refractivity contribution in [3.05, 3.63) is 16.5 Å². The van der Waals surface area contributed by atoms with E-state index in [2.05, 4.69) is 37.8 Å². The van der Waals surface area contributed by atoms with Crippen LogP contribution in [0, 0.1) is 0 Å². The second-order valence-corrected chi connectivity index (χ2v) is 7.64. The molecule has 1 atom stereocenters. The Balaban J connectivity index is 2.11. The van der Waals surface area contributed by atoms with Gasteiger partial charge in [-0.15, -0.1) is 0 Å². The molecule has 120 valence electrons.